The summed E-state index contributed by atoms with van der Waals surface area (Å²) < 4.78 is 7.92. The predicted molar refractivity (Wildman–Crippen MR) is 142 cm³/mol. The minimum atomic E-state index is -0.645. The average molecular weight is 524 g/mol. The van der Waals surface area contributed by atoms with E-state index < -0.39 is 11.7 Å². The van der Waals surface area contributed by atoms with Gasteiger partial charge in [0, 0.05) is 11.3 Å². The van der Waals surface area contributed by atoms with Crippen LogP contribution in [0, 0.1) is 6.92 Å². The molecule has 186 valence electrons. The Morgan fingerprint density at radius 1 is 1.08 bits per heavy atom. The molecule has 2 amide bonds. The third-order valence-corrected chi connectivity index (χ3v) is 6.95. The van der Waals surface area contributed by atoms with Crippen molar-refractivity contribution in [3.63, 3.8) is 0 Å². The van der Waals surface area contributed by atoms with Crippen LogP contribution in [0.3, 0.4) is 0 Å². The second-order valence-electron chi connectivity index (χ2n) is 8.92. The Morgan fingerprint density at radius 2 is 1.86 bits per heavy atom. The maximum atomic E-state index is 12.6. The number of thiazole rings is 1. The smallest absolute Gasteiger partial charge is 0.435 e. The molecule has 0 saturated carbocycles. The van der Waals surface area contributed by atoms with Gasteiger partial charge in [0.05, 0.1) is 34.1 Å². The van der Waals surface area contributed by atoms with Crippen LogP contribution >= 0.6 is 23.1 Å². The first-order chi connectivity index (χ1) is 17.1. The molecular formula is C25H25N5O4S2. The van der Waals surface area contributed by atoms with E-state index in [0.29, 0.717) is 16.9 Å². The highest BCUT2D eigenvalue weighted by atomic mass is 32.2. The first kappa shape index (κ1) is 25.4. The Labute approximate surface area is 216 Å². The van der Waals surface area contributed by atoms with Gasteiger partial charge >= 0.3 is 6.09 Å². The number of aromatic nitrogens is 3. The Kier molecular flexibility index (Phi) is 7.41. The largest absolute Gasteiger partial charge is 0.442 e. The van der Waals surface area contributed by atoms with Crippen LogP contribution in [0.25, 0.3) is 10.2 Å². The summed E-state index contributed by atoms with van der Waals surface area (Å²) in [6.07, 6.45) is 2.17. The minimum Gasteiger partial charge on any atom is -0.442 e. The standard InChI is InChI=1S/C25H25N5O4S2/c1-15-7-5-6-8-18(15)22(32)28-16-9-10-19-20(11-16)36-23(29-19)35-14-21(31)27-17-12-26-30(13-17)24(33)34-25(2,3)4/h5-13H,14H2,1-4H3,(H,27,31)(H,28,32). The fraction of sp³-hybridized carbons (Fsp3) is 0.240. The predicted octanol–water partition coefficient (Wildman–Crippen LogP) is 5.57. The average Bonchev–Trinajstić information content (AvgIpc) is 3.43. The number of benzene rings is 2. The molecule has 4 aromatic rings. The van der Waals surface area contributed by atoms with Crippen molar-refractivity contribution in [1.29, 1.82) is 0 Å². The number of rotatable bonds is 6. The lowest BCUT2D eigenvalue weighted by Gasteiger charge is -2.18. The summed E-state index contributed by atoms with van der Waals surface area (Å²) in [6, 6.07) is 12.9. The van der Waals surface area contributed by atoms with E-state index in [9.17, 15) is 14.4 Å². The van der Waals surface area contributed by atoms with Crippen LogP contribution < -0.4 is 10.6 Å². The molecule has 2 aromatic carbocycles. The monoisotopic (exact) mass is 523 g/mol. The lowest BCUT2D eigenvalue weighted by atomic mass is 10.1. The van der Waals surface area contributed by atoms with Crippen molar-refractivity contribution in [1.82, 2.24) is 14.8 Å². The summed E-state index contributed by atoms with van der Waals surface area (Å²) in [5.41, 5.74) is 2.74. The first-order valence-corrected chi connectivity index (χ1v) is 12.9. The number of hydrogen-bond acceptors (Lipinski definition) is 8. The number of thioether (sulfide) groups is 1. The van der Waals surface area contributed by atoms with Crippen molar-refractivity contribution in [2.75, 3.05) is 16.4 Å². The molecule has 2 N–H and O–H groups in total. The van der Waals surface area contributed by atoms with Gasteiger partial charge in [-0.2, -0.15) is 9.78 Å². The number of carbonyl (C=O) groups is 3. The maximum Gasteiger partial charge on any atom is 0.435 e. The van der Waals surface area contributed by atoms with Crippen LogP contribution in [0.1, 0.15) is 36.7 Å². The third-order valence-electron chi connectivity index (χ3n) is 4.79. The first-order valence-electron chi connectivity index (χ1n) is 11.1. The van der Waals surface area contributed by atoms with Gasteiger partial charge in [0.25, 0.3) is 5.91 Å². The van der Waals surface area contributed by atoms with Gasteiger partial charge in [-0.15, -0.1) is 11.3 Å². The zero-order valence-corrected chi connectivity index (χ0v) is 21.8. The lowest BCUT2D eigenvalue weighted by molar-refractivity contribution is -0.113. The Bertz CT molecular complexity index is 1440. The summed E-state index contributed by atoms with van der Waals surface area (Å²) in [5.74, 6) is -0.290. The number of nitrogens with one attached hydrogen (secondary N) is 2. The molecule has 0 atom stereocenters. The van der Waals surface area contributed by atoms with Gasteiger partial charge in [-0.3, -0.25) is 9.59 Å². The molecule has 0 bridgehead atoms. The molecule has 2 aromatic heterocycles. The van der Waals surface area contributed by atoms with Crippen molar-refractivity contribution in [3.05, 3.63) is 66.0 Å². The number of nitrogens with zero attached hydrogens (tertiary/aromatic N) is 3. The van der Waals surface area contributed by atoms with E-state index in [1.54, 1.807) is 26.8 Å². The van der Waals surface area contributed by atoms with Crippen molar-refractivity contribution in [3.8, 4) is 0 Å². The summed E-state index contributed by atoms with van der Waals surface area (Å²) in [7, 11) is 0. The second kappa shape index (κ2) is 10.5. The SMILES string of the molecule is Cc1ccccc1C(=O)Nc1ccc2nc(SCC(=O)Nc3cnn(C(=O)OC(C)(C)C)c3)sc2c1. The Hall–Kier alpha value is -3.70. The van der Waals surface area contributed by atoms with Crippen LogP contribution in [0.15, 0.2) is 59.2 Å². The maximum absolute atomic E-state index is 12.6. The zero-order chi connectivity index (χ0) is 25.9. The van der Waals surface area contributed by atoms with Gasteiger partial charge in [-0.05, 0) is 57.5 Å². The van der Waals surface area contributed by atoms with E-state index in [0.717, 1.165) is 24.8 Å². The van der Waals surface area contributed by atoms with E-state index in [-0.39, 0.29) is 17.6 Å². The third kappa shape index (κ3) is 6.49. The van der Waals surface area contributed by atoms with Crippen molar-refractivity contribution < 1.29 is 19.1 Å². The number of anilines is 2. The quantitative estimate of drug-likeness (QED) is 0.318. The Morgan fingerprint density at radius 3 is 2.61 bits per heavy atom. The molecule has 0 aliphatic rings. The molecular weight excluding hydrogens is 498 g/mol. The normalized spacial score (nSPS) is 11.3. The molecule has 0 spiro atoms. The summed E-state index contributed by atoms with van der Waals surface area (Å²) in [4.78, 5) is 41.6. The molecule has 4 rings (SSSR count). The minimum absolute atomic E-state index is 0.133. The van der Waals surface area contributed by atoms with E-state index >= 15 is 0 Å². The fourth-order valence-electron chi connectivity index (χ4n) is 3.19. The van der Waals surface area contributed by atoms with Gasteiger partial charge < -0.3 is 15.4 Å². The number of carbonyl (C=O) groups excluding carboxylic acids is 3. The van der Waals surface area contributed by atoms with E-state index in [1.807, 2.05) is 43.3 Å². The van der Waals surface area contributed by atoms with Crippen LogP contribution in [0.4, 0.5) is 16.2 Å². The number of hydrogen-bond donors (Lipinski definition) is 2. The van der Waals surface area contributed by atoms with E-state index in [4.69, 9.17) is 4.74 Å². The molecule has 0 fully saturated rings. The van der Waals surface area contributed by atoms with Crippen LogP contribution in [0.5, 0.6) is 0 Å². The van der Waals surface area contributed by atoms with Gasteiger partial charge in [0.2, 0.25) is 5.91 Å². The molecule has 0 unspecified atom stereocenters. The number of ether oxygens (including phenoxy) is 1. The summed E-state index contributed by atoms with van der Waals surface area (Å²) in [6.45, 7) is 7.18. The molecule has 0 aliphatic heterocycles. The van der Waals surface area contributed by atoms with Crippen molar-refractivity contribution in [2.24, 2.45) is 0 Å². The van der Waals surface area contributed by atoms with Gasteiger partial charge in [-0.1, -0.05) is 30.0 Å². The molecule has 0 saturated heterocycles. The number of aryl methyl sites for hydroxylation is 1. The van der Waals surface area contributed by atoms with Crippen LogP contribution in [-0.4, -0.2) is 44.0 Å². The zero-order valence-electron chi connectivity index (χ0n) is 20.2. The summed E-state index contributed by atoms with van der Waals surface area (Å²) >= 11 is 2.74. The van der Waals surface area contributed by atoms with Crippen molar-refractivity contribution in [2.45, 2.75) is 37.6 Å². The molecule has 9 nitrogen and oxygen atoms in total. The second-order valence-corrected chi connectivity index (χ2v) is 11.2. The van der Waals surface area contributed by atoms with Gasteiger partial charge in [-0.25, -0.2) is 9.78 Å². The topological polar surface area (TPSA) is 115 Å². The van der Waals surface area contributed by atoms with E-state index in [1.165, 1.54) is 35.5 Å². The molecule has 11 heteroatoms. The fourth-order valence-corrected chi connectivity index (χ4v) is 5.10. The van der Waals surface area contributed by atoms with Crippen LogP contribution in [-0.2, 0) is 9.53 Å². The number of amides is 2. The lowest BCUT2D eigenvalue weighted by Crippen LogP contribution is -2.27. The molecule has 36 heavy (non-hydrogen) atoms. The highest BCUT2D eigenvalue weighted by Gasteiger charge is 2.19. The van der Waals surface area contributed by atoms with Gasteiger partial charge in [0.1, 0.15) is 5.60 Å². The molecule has 0 radical (unpaired) electrons. The summed E-state index contributed by atoms with van der Waals surface area (Å²) in [5, 5.41) is 9.58. The van der Waals surface area contributed by atoms with Crippen LogP contribution in [0.2, 0.25) is 0 Å². The highest BCUT2D eigenvalue weighted by Crippen LogP contribution is 2.31. The van der Waals surface area contributed by atoms with Gasteiger partial charge in [0.15, 0.2) is 4.34 Å². The van der Waals surface area contributed by atoms with Crippen molar-refractivity contribution >= 4 is 62.6 Å². The Balaban J connectivity index is 1.33. The highest BCUT2D eigenvalue weighted by molar-refractivity contribution is 8.01. The molecule has 0 aliphatic carbocycles. The van der Waals surface area contributed by atoms with E-state index in [2.05, 4.69) is 20.7 Å². The molecule has 2 heterocycles. The number of fused-ring (bicyclic) bond motifs is 1.